The van der Waals surface area contributed by atoms with Gasteiger partial charge in [-0.05, 0) is 38.0 Å². The molecule has 1 aromatic carbocycles. The molecule has 0 fully saturated rings. The maximum absolute atomic E-state index is 12.1. The quantitative estimate of drug-likeness (QED) is 0.826. The summed E-state index contributed by atoms with van der Waals surface area (Å²) in [7, 11) is 0. The van der Waals surface area contributed by atoms with E-state index in [-0.39, 0.29) is 12.1 Å². The smallest absolute Gasteiger partial charge is 0.321 e. The molecule has 2 amide bonds. The zero-order chi connectivity index (χ0) is 14.3. The third kappa shape index (κ3) is 4.91. The van der Waals surface area contributed by atoms with Crippen LogP contribution in [0.25, 0.3) is 0 Å². The van der Waals surface area contributed by atoms with Gasteiger partial charge in [-0.3, -0.25) is 0 Å². The number of urea groups is 1. The van der Waals surface area contributed by atoms with Crippen molar-refractivity contribution >= 4 is 11.7 Å². The fourth-order valence-electron chi connectivity index (χ4n) is 1.85. The molecule has 1 atom stereocenters. The highest BCUT2D eigenvalue weighted by atomic mass is 16.2. The number of amides is 2. The van der Waals surface area contributed by atoms with Crippen molar-refractivity contribution in [1.29, 1.82) is 0 Å². The van der Waals surface area contributed by atoms with E-state index in [1.807, 2.05) is 43.0 Å². The Balaban J connectivity index is 2.67. The van der Waals surface area contributed by atoms with Gasteiger partial charge in [0.05, 0.1) is 0 Å². The fraction of sp³-hybridized carbons (Fsp3) is 0.533. The molecule has 0 bridgehead atoms. The van der Waals surface area contributed by atoms with Crippen molar-refractivity contribution < 1.29 is 4.79 Å². The third-order valence-corrected chi connectivity index (χ3v) is 3.11. The highest BCUT2D eigenvalue weighted by Crippen LogP contribution is 2.16. The average molecular weight is 263 g/mol. The summed E-state index contributed by atoms with van der Waals surface area (Å²) in [6, 6.07) is 7.62. The van der Waals surface area contributed by atoms with Crippen LogP contribution >= 0.6 is 0 Å². The van der Waals surface area contributed by atoms with E-state index in [9.17, 15) is 4.79 Å². The lowest BCUT2D eigenvalue weighted by Crippen LogP contribution is -2.35. The predicted octanol–water partition coefficient (Wildman–Crippen LogP) is 3.36. The molecule has 4 heteroatoms. The zero-order valence-electron chi connectivity index (χ0n) is 12.1. The molecule has 0 aromatic heterocycles. The number of nitrogens with one attached hydrogen (secondary N) is 1. The van der Waals surface area contributed by atoms with Gasteiger partial charge in [0.2, 0.25) is 0 Å². The maximum Gasteiger partial charge on any atom is 0.321 e. The fourth-order valence-corrected chi connectivity index (χ4v) is 1.85. The lowest BCUT2D eigenvalue weighted by atomic mass is 10.1. The number of nitrogens with two attached hydrogens (primary N) is 1. The lowest BCUT2D eigenvalue weighted by molar-refractivity contribution is 0.213. The van der Waals surface area contributed by atoms with E-state index < -0.39 is 0 Å². The van der Waals surface area contributed by atoms with Crippen LogP contribution in [0.5, 0.6) is 0 Å². The summed E-state index contributed by atoms with van der Waals surface area (Å²) in [5, 5.41) is 2.93. The van der Waals surface area contributed by atoms with Crippen molar-refractivity contribution in [3.8, 4) is 0 Å². The molecule has 0 aliphatic heterocycles. The van der Waals surface area contributed by atoms with Gasteiger partial charge in [0.15, 0.2) is 0 Å². The molecule has 4 nitrogen and oxygen atoms in total. The number of carbonyl (C=O) groups is 1. The number of anilines is 1. The summed E-state index contributed by atoms with van der Waals surface area (Å²) < 4.78 is 0. The molecule has 106 valence electrons. The third-order valence-electron chi connectivity index (χ3n) is 3.11. The molecule has 3 N–H and O–H groups in total. The second-order valence-corrected chi connectivity index (χ2v) is 4.78. The van der Waals surface area contributed by atoms with E-state index in [0.29, 0.717) is 0 Å². The SMILES string of the molecule is CCCCN(CC)C(=O)Nc1cccc(C(C)N)c1. The minimum atomic E-state index is -0.0437. The van der Waals surface area contributed by atoms with E-state index >= 15 is 0 Å². The zero-order valence-corrected chi connectivity index (χ0v) is 12.1. The van der Waals surface area contributed by atoms with Gasteiger partial charge in [0.1, 0.15) is 0 Å². The number of benzene rings is 1. The highest BCUT2D eigenvalue weighted by Gasteiger charge is 2.11. The molecule has 0 heterocycles. The number of rotatable bonds is 6. The molecule has 0 aliphatic rings. The van der Waals surface area contributed by atoms with E-state index in [0.717, 1.165) is 37.2 Å². The van der Waals surface area contributed by atoms with Crippen LogP contribution in [0, 0.1) is 0 Å². The molecule has 19 heavy (non-hydrogen) atoms. The second-order valence-electron chi connectivity index (χ2n) is 4.78. The van der Waals surface area contributed by atoms with E-state index in [2.05, 4.69) is 12.2 Å². The van der Waals surface area contributed by atoms with Crippen molar-refractivity contribution in [2.24, 2.45) is 5.73 Å². The van der Waals surface area contributed by atoms with Crippen molar-refractivity contribution in [1.82, 2.24) is 4.90 Å². The first kappa shape index (κ1) is 15.5. The van der Waals surface area contributed by atoms with Crippen molar-refractivity contribution in [3.63, 3.8) is 0 Å². The van der Waals surface area contributed by atoms with E-state index in [1.54, 1.807) is 0 Å². The normalized spacial score (nSPS) is 12.0. The number of nitrogens with zero attached hydrogens (tertiary/aromatic N) is 1. The Morgan fingerprint density at radius 3 is 2.74 bits per heavy atom. The average Bonchev–Trinajstić information content (AvgIpc) is 2.40. The number of hydrogen-bond acceptors (Lipinski definition) is 2. The molecule has 0 saturated heterocycles. The van der Waals surface area contributed by atoms with E-state index in [4.69, 9.17) is 5.73 Å². The van der Waals surface area contributed by atoms with Gasteiger partial charge in [-0.25, -0.2) is 4.79 Å². The molecule has 0 saturated carbocycles. The summed E-state index contributed by atoms with van der Waals surface area (Å²) in [5.41, 5.74) is 7.67. The first-order valence-corrected chi connectivity index (χ1v) is 7.00. The molecule has 0 spiro atoms. The van der Waals surface area contributed by atoms with Gasteiger partial charge >= 0.3 is 6.03 Å². The summed E-state index contributed by atoms with van der Waals surface area (Å²) in [5.74, 6) is 0. The van der Waals surface area contributed by atoms with Crippen LogP contribution < -0.4 is 11.1 Å². The van der Waals surface area contributed by atoms with Crippen LogP contribution in [0.2, 0.25) is 0 Å². The molecule has 1 unspecified atom stereocenters. The first-order chi connectivity index (χ1) is 9.08. The van der Waals surface area contributed by atoms with Crippen molar-refractivity contribution in [3.05, 3.63) is 29.8 Å². The standard InChI is InChI=1S/C15H25N3O/c1-4-6-10-18(5-2)15(19)17-14-9-7-8-13(11-14)12(3)16/h7-9,11-12H,4-6,10,16H2,1-3H3,(H,17,19). The molecular formula is C15H25N3O. The minimum absolute atomic E-state index is 0.0285. The Kier molecular flexibility index (Phi) is 6.36. The van der Waals surface area contributed by atoms with Gasteiger partial charge in [-0.1, -0.05) is 25.5 Å². The maximum atomic E-state index is 12.1. The molecule has 1 rings (SSSR count). The Morgan fingerprint density at radius 1 is 1.42 bits per heavy atom. The molecule has 0 radical (unpaired) electrons. The van der Waals surface area contributed by atoms with Crippen LogP contribution in [0.15, 0.2) is 24.3 Å². The lowest BCUT2D eigenvalue weighted by Gasteiger charge is -2.21. The highest BCUT2D eigenvalue weighted by molar-refractivity contribution is 5.89. The summed E-state index contributed by atoms with van der Waals surface area (Å²) in [4.78, 5) is 13.9. The summed E-state index contributed by atoms with van der Waals surface area (Å²) in [6.07, 6.45) is 2.12. The van der Waals surface area contributed by atoms with Gasteiger partial charge in [0.25, 0.3) is 0 Å². The van der Waals surface area contributed by atoms with Crippen LogP contribution in [-0.4, -0.2) is 24.0 Å². The van der Waals surface area contributed by atoms with Crippen molar-refractivity contribution in [2.45, 2.75) is 39.7 Å². The second kappa shape index (κ2) is 7.79. The minimum Gasteiger partial charge on any atom is -0.325 e. The van der Waals surface area contributed by atoms with Gasteiger partial charge in [-0.15, -0.1) is 0 Å². The van der Waals surface area contributed by atoms with Crippen molar-refractivity contribution in [2.75, 3.05) is 18.4 Å². The van der Waals surface area contributed by atoms with Crippen LogP contribution in [0.1, 0.15) is 45.2 Å². The Labute approximate surface area is 116 Å². The number of unbranched alkanes of at least 4 members (excludes halogenated alkanes) is 1. The molecule has 1 aromatic rings. The summed E-state index contributed by atoms with van der Waals surface area (Å²) in [6.45, 7) is 7.57. The van der Waals surface area contributed by atoms with E-state index in [1.165, 1.54) is 0 Å². The van der Waals surface area contributed by atoms with Gasteiger partial charge < -0.3 is 16.0 Å². The molecular weight excluding hydrogens is 238 g/mol. The monoisotopic (exact) mass is 263 g/mol. The van der Waals surface area contributed by atoms with Crippen LogP contribution in [0.3, 0.4) is 0 Å². The van der Waals surface area contributed by atoms with Gasteiger partial charge in [0, 0.05) is 24.8 Å². The number of carbonyl (C=O) groups excluding carboxylic acids is 1. The van der Waals surface area contributed by atoms with Crippen LogP contribution in [-0.2, 0) is 0 Å². The summed E-state index contributed by atoms with van der Waals surface area (Å²) >= 11 is 0. The Morgan fingerprint density at radius 2 is 2.16 bits per heavy atom. The largest absolute Gasteiger partial charge is 0.325 e. The van der Waals surface area contributed by atoms with Crippen LogP contribution in [0.4, 0.5) is 10.5 Å². The van der Waals surface area contributed by atoms with Gasteiger partial charge in [-0.2, -0.15) is 0 Å². The Hall–Kier alpha value is -1.55. The first-order valence-electron chi connectivity index (χ1n) is 7.00. The molecule has 0 aliphatic carbocycles. The Bertz CT molecular complexity index is 404. The number of hydrogen-bond donors (Lipinski definition) is 2. The topological polar surface area (TPSA) is 58.4 Å². The predicted molar refractivity (Wildman–Crippen MR) is 80.2 cm³/mol.